The smallest absolute Gasteiger partial charge is 0.333 e. The molecule has 2 fully saturated rings. The van der Waals surface area contributed by atoms with Crippen LogP contribution < -0.4 is 0 Å². The maximum Gasteiger partial charge on any atom is 0.333 e. The third kappa shape index (κ3) is 4.10. The minimum Gasteiger partial charge on any atom is -0.459 e. The van der Waals surface area contributed by atoms with Gasteiger partial charge >= 0.3 is 17.9 Å². The molecule has 29 heavy (non-hydrogen) atoms. The Morgan fingerprint density at radius 3 is 2.59 bits per heavy atom. The lowest BCUT2D eigenvalue weighted by atomic mass is 9.79. The number of carbonyl (C=O) groups is 3. The minimum absolute atomic E-state index is 0.327. The van der Waals surface area contributed by atoms with Crippen LogP contribution in [0.4, 0.5) is 0 Å². The Kier molecular flexibility index (Phi) is 5.90. The zero-order chi connectivity index (χ0) is 21.5. The second-order valence-corrected chi connectivity index (χ2v) is 8.49. The van der Waals surface area contributed by atoms with Crippen molar-refractivity contribution in [2.75, 3.05) is 0 Å². The first-order valence-electron chi connectivity index (χ1n) is 10.1. The number of rotatable bonds is 3. The average Bonchev–Trinajstić information content (AvgIpc) is 3.25. The van der Waals surface area contributed by atoms with Gasteiger partial charge in [-0.25, -0.2) is 4.79 Å². The van der Waals surface area contributed by atoms with E-state index in [-0.39, 0.29) is 17.9 Å². The predicted octanol–water partition coefficient (Wildman–Crippen LogP) is 2.87. The van der Waals surface area contributed by atoms with Gasteiger partial charge in [-0.2, -0.15) is 0 Å². The van der Waals surface area contributed by atoms with Gasteiger partial charge in [-0.1, -0.05) is 24.6 Å². The van der Waals surface area contributed by atoms with E-state index >= 15 is 0 Å². The second kappa shape index (κ2) is 7.94. The first kappa shape index (κ1) is 21.6. The fourth-order valence-corrected chi connectivity index (χ4v) is 4.36. The van der Waals surface area contributed by atoms with Crippen molar-refractivity contribution in [2.24, 2.45) is 11.8 Å². The van der Waals surface area contributed by atoms with Crippen LogP contribution in [0.2, 0.25) is 0 Å². The maximum atomic E-state index is 12.5. The standard InChI is InChI=1S/C22H30O7/c1-7-12(3)20(24)27-15-10-11(2)8-9-16(26-14(5)23)22(6)19(29-22)18-17(15)13(4)21(25)28-18/h7-8,13,15-19H,9-10H2,1-6H3/b11-8+,12-7+/t13-,15+,16-,17+,18-,19+,22+/m0/s1. The van der Waals surface area contributed by atoms with Crippen molar-refractivity contribution in [3.63, 3.8) is 0 Å². The summed E-state index contributed by atoms with van der Waals surface area (Å²) in [6.07, 6.45) is 2.68. The molecule has 0 N–H and O–H groups in total. The van der Waals surface area contributed by atoms with Crippen LogP contribution in [0.1, 0.15) is 54.4 Å². The fourth-order valence-electron chi connectivity index (χ4n) is 4.36. The Hall–Kier alpha value is -2.15. The first-order chi connectivity index (χ1) is 13.6. The number of carbonyl (C=O) groups excluding carboxylic acids is 3. The molecule has 2 saturated heterocycles. The Bertz CT molecular complexity index is 767. The summed E-state index contributed by atoms with van der Waals surface area (Å²) < 4.78 is 23.0. The van der Waals surface area contributed by atoms with Gasteiger partial charge in [0.1, 0.15) is 30.0 Å². The fraction of sp³-hybridized carbons (Fsp3) is 0.682. The number of esters is 3. The van der Waals surface area contributed by atoms with E-state index in [1.54, 1.807) is 26.8 Å². The summed E-state index contributed by atoms with van der Waals surface area (Å²) in [5.74, 6) is -1.88. The maximum absolute atomic E-state index is 12.5. The van der Waals surface area contributed by atoms with Crippen LogP contribution in [0.5, 0.6) is 0 Å². The van der Waals surface area contributed by atoms with Gasteiger partial charge in [-0.3, -0.25) is 9.59 Å². The summed E-state index contributed by atoms with van der Waals surface area (Å²) >= 11 is 0. The molecular weight excluding hydrogens is 376 g/mol. The number of fused-ring (bicyclic) bond motifs is 3. The topological polar surface area (TPSA) is 91.4 Å². The highest BCUT2D eigenvalue weighted by Crippen LogP contribution is 2.51. The minimum atomic E-state index is -0.749. The Morgan fingerprint density at radius 2 is 1.97 bits per heavy atom. The molecule has 0 amide bonds. The van der Waals surface area contributed by atoms with Gasteiger partial charge < -0.3 is 18.9 Å². The molecule has 2 heterocycles. The molecule has 7 heteroatoms. The molecule has 0 spiro atoms. The van der Waals surface area contributed by atoms with E-state index in [0.717, 1.165) is 5.57 Å². The van der Waals surface area contributed by atoms with Crippen molar-refractivity contribution in [3.05, 3.63) is 23.3 Å². The number of allylic oxidation sites excluding steroid dienone is 1. The SMILES string of the molecule is C/C=C(\C)C(=O)O[C@@H]1C/C(C)=C/C[C@H](OC(C)=O)[C@@]2(C)O[C@@H]2[C@H]2OC(=O)[C@@H](C)[C@@H]21. The van der Waals surface area contributed by atoms with Crippen LogP contribution in [0, 0.1) is 11.8 Å². The van der Waals surface area contributed by atoms with Crippen LogP contribution in [0.25, 0.3) is 0 Å². The molecule has 0 aromatic rings. The van der Waals surface area contributed by atoms with Crippen LogP contribution in [0.3, 0.4) is 0 Å². The van der Waals surface area contributed by atoms with Crippen LogP contribution in [-0.2, 0) is 33.3 Å². The van der Waals surface area contributed by atoms with E-state index in [1.807, 2.05) is 19.9 Å². The van der Waals surface area contributed by atoms with E-state index in [0.29, 0.717) is 18.4 Å². The monoisotopic (exact) mass is 406 g/mol. The van der Waals surface area contributed by atoms with Crippen LogP contribution >= 0.6 is 0 Å². The zero-order valence-electron chi connectivity index (χ0n) is 17.9. The van der Waals surface area contributed by atoms with E-state index in [9.17, 15) is 14.4 Å². The number of ether oxygens (including phenoxy) is 4. The summed E-state index contributed by atoms with van der Waals surface area (Å²) in [5, 5.41) is 0. The average molecular weight is 406 g/mol. The van der Waals surface area contributed by atoms with Crippen molar-refractivity contribution in [1.82, 2.24) is 0 Å². The van der Waals surface area contributed by atoms with Gasteiger partial charge in [0.2, 0.25) is 0 Å². The summed E-state index contributed by atoms with van der Waals surface area (Å²) in [5.41, 5.74) is 0.757. The molecule has 7 atom stereocenters. The van der Waals surface area contributed by atoms with Gasteiger partial charge in [-0.15, -0.1) is 0 Å². The Morgan fingerprint density at radius 1 is 1.28 bits per heavy atom. The van der Waals surface area contributed by atoms with Crippen molar-refractivity contribution in [1.29, 1.82) is 0 Å². The lowest BCUT2D eigenvalue weighted by Gasteiger charge is -2.30. The Balaban J connectivity index is 1.97. The molecule has 2 aliphatic heterocycles. The summed E-state index contributed by atoms with van der Waals surface area (Å²) in [4.78, 5) is 36.5. The lowest BCUT2D eigenvalue weighted by Crippen LogP contribution is -2.43. The van der Waals surface area contributed by atoms with Crippen molar-refractivity contribution in [3.8, 4) is 0 Å². The van der Waals surface area contributed by atoms with Gasteiger partial charge in [-0.05, 0) is 27.7 Å². The highest BCUT2D eigenvalue weighted by molar-refractivity contribution is 5.87. The normalized spacial score (nSPS) is 41.2. The van der Waals surface area contributed by atoms with E-state index < -0.39 is 41.9 Å². The third-order valence-electron chi connectivity index (χ3n) is 6.36. The summed E-state index contributed by atoms with van der Waals surface area (Å²) in [6, 6.07) is 0. The quantitative estimate of drug-likeness (QED) is 0.234. The van der Waals surface area contributed by atoms with Gasteiger partial charge in [0.05, 0.1) is 5.92 Å². The highest BCUT2D eigenvalue weighted by atomic mass is 16.7. The van der Waals surface area contributed by atoms with E-state index in [4.69, 9.17) is 18.9 Å². The van der Waals surface area contributed by atoms with Crippen molar-refractivity contribution >= 4 is 17.9 Å². The van der Waals surface area contributed by atoms with Gasteiger partial charge in [0.25, 0.3) is 0 Å². The first-order valence-corrected chi connectivity index (χ1v) is 10.1. The second-order valence-electron chi connectivity index (χ2n) is 8.49. The molecule has 0 bridgehead atoms. The molecule has 1 aliphatic carbocycles. The predicted molar refractivity (Wildman–Crippen MR) is 104 cm³/mol. The van der Waals surface area contributed by atoms with Crippen molar-refractivity contribution in [2.45, 2.75) is 84.4 Å². The molecule has 0 aromatic carbocycles. The molecular formula is C22H30O7. The number of hydrogen-bond donors (Lipinski definition) is 0. The summed E-state index contributed by atoms with van der Waals surface area (Å²) in [7, 11) is 0. The van der Waals surface area contributed by atoms with Crippen LogP contribution in [0.15, 0.2) is 23.3 Å². The number of epoxide rings is 1. The van der Waals surface area contributed by atoms with Crippen molar-refractivity contribution < 1.29 is 33.3 Å². The molecule has 0 unspecified atom stereocenters. The number of hydrogen-bond acceptors (Lipinski definition) is 7. The third-order valence-corrected chi connectivity index (χ3v) is 6.36. The molecule has 3 aliphatic rings. The lowest BCUT2D eigenvalue weighted by molar-refractivity contribution is -0.151. The molecule has 160 valence electrons. The molecule has 0 saturated carbocycles. The molecule has 3 rings (SSSR count). The van der Waals surface area contributed by atoms with E-state index in [1.165, 1.54) is 6.92 Å². The van der Waals surface area contributed by atoms with Crippen LogP contribution in [-0.4, -0.2) is 47.9 Å². The Labute approximate surface area is 171 Å². The van der Waals surface area contributed by atoms with Gasteiger partial charge in [0.15, 0.2) is 0 Å². The van der Waals surface area contributed by atoms with E-state index in [2.05, 4.69) is 0 Å². The highest BCUT2D eigenvalue weighted by Gasteiger charge is 2.68. The zero-order valence-corrected chi connectivity index (χ0v) is 17.9. The summed E-state index contributed by atoms with van der Waals surface area (Å²) in [6.45, 7) is 10.5. The molecule has 0 aromatic heterocycles. The largest absolute Gasteiger partial charge is 0.459 e. The van der Waals surface area contributed by atoms with Gasteiger partial charge in [0, 0.05) is 31.3 Å². The molecule has 0 radical (unpaired) electrons. The molecule has 7 nitrogen and oxygen atoms in total.